The second kappa shape index (κ2) is 8.74. The molecular weight excluding hydrogens is 363 g/mol. The number of halogens is 2. The van der Waals surface area contributed by atoms with Gasteiger partial charge in [0.15, 0.2) is 6.10 Å². The fourth-order valence-corrected chi connectivity index (χ4v) is 2.32. The van der Waals surface area contributed by atoms with Gasteiger partial charge in [0.2, 0.25) is 5.91 Å². The topological polar surface area (TPSA) is 67.4 Å². The summed E-state index contributed by atoms with van der Waals surface area (Å²) in [5, 5.41) is 6.08. The Balaban J connectivity index is 2.02. The van der Waals surface area contributed by atoms with Crippen LogP contribution in [0.25, 0.3) is 0 Å². The molecule has 0 aromatic heterocycles. The predicted molar refractivity (Wildman–Crippen MR) is 101 cm³/mol. The summed E-state index contributed by atoms with van der Waals surface area (Å²) in [7, 11) is 0. The number of carbonyl (C=O) groups excluding carboxylic acids is 2. The van der Waals surface area contributed by atoms with Gasteiger partial charge in [0.1, 0.15) is 10.8 Å². The van der Waals surface area contributed by atoms with E-state index in [1.54, 1.807) is 56.3 Å². The SMILES string of the molecule is CCC(=O)Nc1cccc(NC(=O)C(C)Oc2cccc(Cl)c2Cl)c1. The summed E-state index contributed by atoms with van der Waals surface area (Å²) in [5.41, 5.74) is 1.16. The van der Waals surface area contributed by atoms with Crippen LogP contribution in [0.3, 0.4) is 0 Å². The summed E-state index contributed by atoms with van der Waals surface area (Å²) in [4.78, 5) is 23.7. The van der Waals surface area contributed by atoms with Crippen molar-refractivity contribution in [2.45, 2.75) is 26.4 Å². The van der Waals surface area contributed by atoms with Gasteiger partial charge >= 0.3 is 0 Å². The Morgan fingerprint density at radius 1 is 1.08 bits per heavy atom. The first-order valence-electron chi connectivity index (χ1n) is 7.72. The van der Waals surface area contributed by atoms with Crippen molar-refractivity contribution in [3.05, 3.63) is 52.5 Å². The van der Waals surface area contributed by atoms with Crippen LogP contribution in [0.15, 0.2) is 42.5 Å². The first kappa shape index (κ1) is 19.1. The zero-order valence-corrected chi connectivity index (χ0v) is 15.3. The van der Waals surface area contributed by atoms with Crippen LogP contribution in [0, 0.1) is 0 Å². The van der Waals surface area contributed by atoms with E-state index in [2.05, 4.69) is 10.6 Å². The molecule has 0 aliphatic heterocycles. The van der Waals surface area contributed by atoms with Gasteiger partial charge in [0.25, 0.3) is 5.91 Å². The lowest BCUT2D eigenvalue weighted by Gasteiger charge is -2.16. The van der Waals surface area contributed by atoms with Crippen LogP contribution in [-0.2, 0) is 9.59 Å². The number of carbonyl (C=O) groups is 2. The lowest BCUT2D eigenvalue weighted by atomic mass is 10.2. The van der Waals surface area contributed by atoms with Gasteiger partial charge in [0, 0.05) is 17.8 Å². The largest absolute Gasteiger partial charge is 0.479 e. The maximum atomic E-state index is 12.3. The number of amides is 2. The Hall–Kier alpha value is -2.24. The molecule has 0 saturated carbocycles. The van der Waals surface area contributed by atoms with Crippen molar-refractivity contribution < 1.29 is 14.3 Å². The average molecular weight is 381 g/mol. The molecule has 0 saturated heterocycles. The van der Waals surface area contributed by atoms with E-state index in [1.807, 2.05) is 0 Å². The second-order valence-electron chi connectivity index (χ2n) is 5.28. The van der Waals surface area contributed by atoms with Crippen molar-refractivity contribution in [2.75, 3.05) is 10.6 Å². The molecule has 2 rings (SSSR count). The van der Waals surface area contributed by atoms with Gasteiger partial charge in [-0.15, -0.1) is 0 Å². The van der Waals surface area contributed by atoms with E-state index >= 15 is 0 Å². The molecule has 0 radical (unpaired) electrons. The molecule has 7 heteroatoms. The highest BCUT2D eigenvalue weighted by Crippen LogP contribution is 2.32. The number of hydrogen-bond acceptors (Lipinski definition) is 3. The Bertz CT molecular complexity index is 781. The van der Waals surface area contributed by atoms with E-state index in [1.165, 1.54) is 0 Å². The van der Waals surface area contributed by atoms with Gasteiger partial charge in [-0.25, -0.2) is 0 Å². The van der Waals surface area contributed by atoms with Crippen LogP contribution >= 0.6 is 23.2 Å². The Morgan fingerprint density at radius 2 is 1.72 bits per heavy atom. The highest BCUT2D eigenvalue weighted by molar-refractivity contribution is 6.42. The Labute approximate surface area is 156 Å². The third-order valence-electron chi connectivity index (χ3n) is 3.32. The van der Waals surface area contributed by atoms with Gasteiger partial charge in [-0.3, -0.25) is 9.59 Å². The third-order valence-corrected chi connectivity index (χ3v) is 4.13. The molecule has 0 aliphatic rings. The Morgan fingerprint density at radius 3 is 2.40 bits per heavy atom. The maximum Gasteiger partial charge on any atom is 0.265 e. The monoisotopic (exact) mass is 380 g/mol. The molecule has 0 heterocycles. The summed E-state index contributed by atoms with van der Waals surface area (Å²) in [6.07, 6.45) is -0.410. The number of nitrogens with one attached hydrogen (secondary N) is 2. The summed E-state index contributed by atoms with van der Waals surface area (Å²) in [6.45, 7) is 3.37. The maximum absolute atomic E-state index is 12.3. The quantitative estimate of drug-likeness (QED) is 0.759. The number of rotatable bonds is 6. The van der Waals surface area contributed by atoms with Gasteiger partial charge in [-0.05, 0) is 37.3 Å². The van der Waals surface area contributed by atoms with Crippen molar-refractivity contribution in [2.24, 2.45) is 0 Å². The van der Waals surface area contributed by atoms with Gasteiger partial charge in [0.05, 0.1) is 5.02 Å². The van der Waals surface area contributed by atoms with Crippen molar-refractivity contribution >= 4 is 46.4 Å². The van der Waals surface area contributed by atoms with Crippen LogP contribution in [0.1, 0.15) is 20.3 Å². The minimum Gasteiger partial charge on any atom is -0.479 e. The van der Waals surface area contributed by atoms with Crippen molar-refractivity contribution in [3.8, 4) is 5.75 Å². The van der Waals surface area contributed by atoms with Crippen molar-refractivity contribution in [1.29, 1.82) is 0 Å². The second-order valence-corrected chi connectivity index (χ2v) is 6.07. The van der Waals surface area contributed by atoms with E-state index in [4.69, 9.17) is 27.9 Å². The minimum absolute atomic E-state index is 0.101. The van der Waals surface area contributed by atoms with Crippen molar-refractivity contribution in [3.63, 3.8) is 0 Å². The Kier molecular flexibility index (Phi) is 6.67. The molecular formula is C18H18Cl2N2O3. The lowest BCUT2D eigenvalue weighted by molar-refractivity contribution is -0.122. The summed E-state index contributed by atoms with van der Waals surface area (Å²) >= 11 is 12.0. The van der Waals surface area contributed by atoms with Crippen LogP contribution in [0.5, 0.6) is 5.75 Å². The number of anilines is 2. The van der Waals surface area contributed by atoms with E-state index in [0.717, 1.165) is 0 Å². The molecule has 0 fully saturated rings. The van der Waals surface area contributed by atoms with Crippen molar-refractivity contribution in [1.82, 2.24) is 0 Å². The molecule has 1 atom stereocenters. The van der Waals surface area contributed by atoms with Crippen LogP contribution in [0.2, 0.25) is 10.0 Å². The molecule has 25 heavy (non-hydrogen) atoms. The smallest absolute Gasteiger partial charge is 0.265 e. The highest BCUT2D eigenvalue weighted by Gasteiger charge is 2.17. The number of hydrogen-bond donors (Lipinski definition) is 2. The van der Waals surface area contributed by atoms with E-state index < -0.39 is 6.10 Å². The van der Waals surface area contributed by atoms with E-state index in [9.17, 15) is 9.59 Å². The normalized spacial score (nSPS) is 11.5. The standard InChI is InChI=1S/C18H18Cl2N2O3/c1-3-16(23)21-12-6-4-7-13(10-12)22-18(24)11(2)25-15-9-5-8-14(19)17(15)20/h4-11H,3H2,1-2H3,(H,21,23)(H,22,24). The molecule has 2 N–H and O–H groups in total. The fourth-order valence-electron chi connectivity index (χ4n) is 1.99. The molecule has 1 unspecified atom stereocenters. The fraction of sp³-hybridized carbons (Fsp3) is 0.222. The van der Waals surface area contributed by atoms with Gasteiger partial charge in [-0.1, -0.05) is 42.3 Å². The summed E-state index contributed by atoms with van der Waals surface area (Å²) in [6, 6.07) is 11.8. The molecule has 132 valence electrons. The average Bonchev–Trinajstić information content (AvgIpc) is 2.59. The number of benzene rings is 2. The molecule has 5 nitrogen and oxygen atoms in total. The van der Waals surface area contributed by atoms with Gasteiger partial charge < -0.3 is 15.4 Å². The zero-order chi connectivity index (χ0) is 18.4. The molecule has 2 amide bonds. The first-order valence-corrected chi connectivity index (χ1v) is 8.47. The van der Waals surface area contributed by atoms with E-state index in [-0.39, 0.29) is 16.8 Å². The van der Waals surface area contributed by atoms with Crippen LogP contribution in [-0.4, -0.2) is 17.9 Å². The van der Waals surface area contributed by atoms with Crippen LogP contribution in [0.4, 0.5) is 11.4 Å². The van der Waals surface area contributed by atoms with E-state index in [0.29, 0.717) is 28.6 Å². The molecule has 0 aliphatic carbocycles. The predicted octanol–water partition coefficient (Wildman–Crippen LogP) is 4.75. The highest BCUT2D eigenvalue weighted by atomic mass is 35.5. The minimum atomic E-state index is -0.787. The molecule has 2 aromatic rings. The summed E-state index contributed by atoms with van der Waals surface area (Å²) < 4.78 is 5.57. The van der Waals surface area contributed by atoms with Crippen LogP contribution < -0.4 is 15.4 Å². The third kappa shape index (κ3) is 5.37. The van der Waals surface area contributed by atoms with Gasteiger partial charge in [-0.2, -0.15) is 0 Å². The number of ether oxygens (including phenoxy) is 1. The lowest BCUT2D eigenvalue weighted by Crippen LogP contribution is -2.30. The molecule has 0 bridgehead atoms. The summed E-state index contributed by atoms with van der Waals surface area (Å²) in [5.74, 6) is -0.119. The zero-order valence-electron chi connectivity index (χ0n) is 13.8. The first-order chi connectivity index (χ1) is 11.9. The molecule has 0 spiro atoms. The molecule has 2 aromatic carbocycles.